The van der Waals surface area contributed by atoms with E-state index < -0.39 is 16.4 Å². The van der Waals surface area contributed by atoms with Gasteiger partial charge >= 0.3 is 6.36 Å². The number of nitrogens with one attached hydrogen (secondary N) is 1. The number of ether oxygens (including phenoxy) is 1. The van der Waals surface area contributed by atoms with E-state index in [-0.39, 0.29) is 22.0 Å². The quantitative estimate of drug-likeness (QED) is 0.494. The molecule has 0 bridgehead atoms. The van der Waals surface area contributed by atoms with E-state index in [2.05, 4.69) is 38.1 Å². The number of sulfonamides is 1. The van der Waals surface area contributed by atoms with Gasteiger partial charge in [0.15, 0.2) is 0 Å². The van der Waals surface area contributed by atoms with Gasteiger partial charge < -0.3 is 9.64 Å². The highest BCUT2D eigenvalue weighted by molar-refractivity contribution is 7.92. The van der Waals surface area contributed by atoms with Crippen molar-refractivity contribution in [3.05, 3.63) is 78.5 Å². The van der Waals surface area contributed by atoms with Crippen LogP contribution >= 0.6 is 0 Å². The molecule has 0 unspecified atom stereocenters. The molecule has 2 aromatic carbocycles. The van der Waals surface area contributed by atoms with Gasteiger partial charge in [0.05, 0.1) is 11.6 Å². The minimum atomic E-state index is -4.73. The van der Waals surface area contributed by atoms with Crippen LogP contribution in [0.4, 0.5) is 24.7 Å². The first-order valence-corrected chi connectivity index (χ1v) is 12.3. The van der Waals surface area contributed by atoms with Crippen molar-refractivity contribution < 1.29 is 26.3 Å². The topological polar surface area (TPSA) is 74.8 Å². The van der Waals surface area contributed by atoms with Crippen molar-refractivity contribution in [2.75, 3.05) is 22.8 Å². The third kappa shape index (κ3) is 6.23. The van der Waals surface area contributed by atoms with Gasteiger partial charge in [-0.3, -0.25) is 9.62 Å². The molecule has 0 aliphatic carbocycles. The molecule has 1 aliphatic heterocycles. The molecule has 3 aromatic rings. The Morgan fingerprint density at radius 3 is 2.40 bits per heavy atom. The number of benzene rings is 2. The fourth-order valence-electron chi connectivity index (χ4n) is 3.96. The van der Waals surface area contributed by atoms with E-state index in [1.807, 2.05) is 6.07 Å². The van der Waals surface area contributed by atoms with Gasteiger partial charge in [-0.15, -0.1) is 13.2 Å². The monoisotopic (exact) mass is 506 g/mol. The summed E-state index contributed by atoms with van der Waals surface area (Å²) in [4.78, 5) is 8.57. The van der Waals surface area contributed by atoms with Crippen LogP contribution < -0.4 is 14.4 Å². The van der Waals surface area contributed by atoms with E-state index in [1.54, 1.807) is 42.6 Å². The van der Waals surface area contributed by atoms with E-state index in [0.29, 0.717) is 19.8 Å². The molecular formula is C24H25F3N4O3S. The fraction of sp³-hybridized carbons (Fsp3) is 0.292. The summed E-state index contributed by atoms with van der Waals surface area (Å²) in [7, 11) is -3.76. The largest absolute Gasteiger partial charge is 0.573 e. The second-order valence-corrected chi connectivity index (χ2v) is 10.5. The Balaban J connectivity index is 1.45. The van der Waals surface area contributed by atoms with Crippen molar-refractivity contribution in [2.24, 2.45) is 0 Å². The van der Waals surface area contributed by atoms with Gasteiger partial charge in [0.2, 0.25) is 0 Å². The van der Waals surface area contributed by atoms with Crippen LogP contribution in [0.2, 0.25) is 0 Å². The zero-order chi connectivity index (χ0) is 25.3. The van der Waals surface area contributed by atoms with Gasteiger partial charge in [0, 0.05) is 30.5 Å². The van der Waals surface area contributed by atoms with Crippen molar-refractivity contribution in [1.82, 2.24) is 9.88 Å². The van der Waals surface area contributed by atoms with Gasteiger partial charge in [-0.25, -0.2) is 13.4 Å². The fourth-order valence-corrected chi connectivity index (χ4v) is 4.98. The molecule has 2 heterocycles. The minimum absolute atomic E-state index is 0.148. The summed E-state index contributed by atoms with van der Waals surface area (Å²) < 4.78 is 69.0. The molecule has 1 fully saturated rings. The highest BCUT2D eigenvalue weighted by atomic mass is 32.2. The Hall–Kier alpha value is -3.31. The zero-order valence-corrected chi connectivity index (χ0v) is 20.0. The molecule has 11 heteroatoms. The number of hydrogen-bond acceptors (Lipinski definition) is 6. The SMILES string of the molecule is CC1(C)CN(c2ccc(OC(F)(F)F)cc2)CN1Cc1ccnc(NS(=O)(=O)c2ccccc2)c1. The van der Waals surface area contributed by atoms with Gasteiger partial charge in [0.1, 0.15) is 11.6 Å². The number of nitrogens with zero attached hydrogens (tertiary/aromatic N) is 3. The lowest BCUT2D eigenvalue weighted by Gasteiger charge is -2.29. The molecule has 1 aliphatic rings. The summed E-state index contributed by atoms with van der Waals surface area (Å²) in [6, 6.07) is 17.4. The first kappa shape index (κ1) is 24.8. The lowest BCUT2D eigenvalue weighted by molar-refractivity contribution is -0.274. The van der Waals surface area contributed by atoms with E-state index in [1.165, 1.54) is 24.3 Å². The van der Waals surface area contributed by atoms with Crippen molar-refractivity contribution >= 4 is 21.5 Å². The van der Waals surface area contributed by atoms with Gasteiger partial charge in [-0.1, -0.05) is 18.2 Å². The smallest absolute Gasteiger partial charge is 0.406 e. The molecule has 35 heavy (non-hydrogen) atoms. The average molecular weight is 507 g/mol. The maximum Gasteiger partial charge on any atom is 0.573 e. The van der Waals surface area contributed by atoms with Crippen LogP contribution in [0.1, 0.15) is 19.4 Å². The molecule has 0 atom stereocenters. The standard InChI is InChI=1S/C24H25F3N4O3S/c1-23(2)16-30(19-8-10-20(11-9-19)34-24(25,26)27)17-31(23)15-18-12-13-28-22(14-18)29-35(32,33)21-6-4-3-5-7-21/h3-14H,15-17H2,1-2H3,(H,28,29). The molecule has 0 radical (unpaired) electrons. The number of hydrogen-bond donors (Lipinski definition) is 1. The highest BCUT2D eigenvalue weighted by Crippen LogP contribution is 2.32. The Morgan fingerprint density at radius 2 is 1.74 bits per heavy atom. The second kappa shape index (κ2) is 9.38. The first-order chi connectivity index (χ1) is 16.4. The van der Waals surface area contributed by atoms with Crippen LogP contribution in [-0.4, -0.2) is 43.4 Å². The lowest BCUT2D eigenvalue weighted by atomic mass is 10.0. The number of anilines is 2. The van der Waals surface area contributed by atoms with Crippen LogP contribution in [0.5, 0.6) is 5.75 Å². The lowest BCUT2D eigenvalue weighted by Crippen LogP contribution is -2.39. The maximum atomic E-state index is 12.6. The van der Waals surface area contributed by atoms with Gasteiger partial charge in [-0.2, -0.15) is 0 Å². The molecule has 0 saturated carbocycles. The maximum absolute atomic E-state index is 12.6. The van der Waals surface area contributed by atoms with Crippen molar-refractivity contribution in [3.8, 4) is 5.75 Å². The van der Waals surface area contributed by atoms with E-state index in [9.17, 15) is 21.6 Å². The summed E-state index contributed by atoms with van der Waals surface area (Å²) in [6.07, 6.45) is -3.18. The third-order valence-corrected chi connectivity index (χ3v) is 7.07. The summed E-state index contributed by atoms with van der Waals surface area (Å²) in [5.74, 6) is -0.0423. The van der Waals surface area contributed by atoms with Crippen LogP contribution in [0.15, 0.2) is 77.8 Å². The van der Waals surface area contributed by atoms with E-state index >= 15 is 0 Å². The van der Waals surface area contributed by atoms with E-state index in [0.717, 1.165) is 11.3 Å². The molecule has 7 nitrogen and oxygen atoms in total. The van der Waals surface area contributed by atoms with E-state index in [4.69, 9.17) is 0 Å². The first-order valence-electron chi connectivity index (χ1n) is 10.8. The second-order valence-electron chi connectivity index (χ2n) is 8.86. The third-order valence-electron chi connectivity index (χ3n) is 5.70. The Bertz CT molecular complexity index is 1270. The Labute approximate surface area is 202 Å². The summed E-state index contributed by atoms with van der Waals surface area (Å²) in [5.41, 5.74) is 1.41. The molecule has 4 rings (SSSR count). The molecule has 0 spiro atoms. The normalized spacial score (nSPS) is 16.3. The molecule has 1 saturated heterocycles. The highest BCUT2D eigenvalue weighted by Gasteiger charge is 2.37. The van der Waals surface area contributed by atoms with Crippen LogP contribution in [0.3, 0.4) is 0 Å². The molecule has 186 valence electrons. The van der Waals surface area contributed by atoms with Crippen LogP contribution in [0.25, 0.3) is 0 Å². The number of rotatable bonds is 7. The van der Waals surface area contributed by atoms with Crippen molar-refractivity contribution in [1.29, 1.82) is 0 Å². The van der Waals surface area contributed by atoms with Crippen molar-refractivity contribution in [2.45, 2.75) is 37.2 Å². The van der Waals surface area contributed by atoms with Gasteiger partial charge in [0.25, 0.3) is 10.0 Å². The molecular weight excluding hydrogens is 481 g/mol. The summed E-state index contributed by atoms with van der Waals surface area (Å²) in [6.45, 7) is 5.88. The number of aromatic nitrogens is 1. The van der Waals surface area contributed by atoms with Crippen LogP contribution in [0, 0.1) is 0 Å². The molecule has 0 amide bonds. The zero-order valence-electron chi connectivity index (χ0n) is 19.2. The minimum Gasteiger partial charge on any atom is -0.406 e. The molecule has 1 aromatic heterocycles. The predicted molar refractivity (Wildman–Crippen MR) is 126 cm³/mol. The Morgan fingerprint density at radius 1 is 1.06 bits per heavy atom. The summed E-state index contributed by atoms with van der Waals surface area (Å²) >= 11 is 0. The number of pyridine rings is 1. The number of halogens is 3. The van der Waals surface area contributed by atoms with Gasteiger partial charge in [-0.05, 0) is 67.9 Å². The average Bonchev–Trinajstić information content (AvgIpc) is 3.07. The number of alkyl halides is 3. The Kier molecular flexibility index (Phi) is 6.65. The molecule has 1 N–H and O–H groups in total. The summed E-state index contributed by atoms with van der Waals surface area (Å²) in [5, 5.41) is 0. The van der Waals surface area contributed by atoms with Crippen molar-refractivity contribution in [3.63, 3.8) is 0 Å². The predicted octanol–water partition coefficient (Wildman–Crippen LogP) is 4.84. The van der Waals surface area contributed by atoms with Crippen LogP contribution in [-0.2, 0) is 16.6 Å².